The first kappa shape index (κ1) is 40.1. The van der Waals surface area contributed by atoms with E-state index in [1.165, 1.54) is 82.9 Å². The summed E-state index contributed by atoms with van der Waals surface area (Å²) in [5.41, 5.74) is 18.6. The van der Waals surface area contributed by atoms with Crippen LogP contribution in [0.5, 0.6) is 0 Å². The van der Waals surface area contributed by atoms with E-state index in [0.717, 1.165) is 28.4 Å². The molecular formula is C65H47NO. The Balaban J connectivity index is 0.890. The lowest BCUT2D eigenvalue weighted by atomic mass is 9.80. The van der Waals surface area contributed by atoms with Crippen LogP contribution in [0.3, 0.4) is 0 Å². The van der Waals surface area contributed by atoms with Crippen molar-refractivity contribution in [3.05, 3.63) is 266 Å². The van der Waals surface area contributed by atoms with Crippen LogP contribution in [0.15, 0.2) is 253 Å². The maximum absolute atomic E-state index is 6.47. The fourth-order valence-electron chi connectivity index (χ4n) is 10.1. The van der Waals surface area contributed by atoms with Gasteiger partial charge in [0.1, 0.15) is 11.3 Å². The fraction of sp³-hybridized carbons (Fsp3) is 0.0462. The molecule has 0 bridgehead atoms. The first-order valence-electron chi connectivity index (χ1n) is 23.3. The van der Waals surface area contributed by atoms with Gasteiger partial charge in [-0.3, -0.25) is 0 Å². The smallest absolute Gasteiger partial charge is 0.134 e. The van der Waals surface area contributed by atoms with Crippen molar-refractivity contribution in [3.63, 3.8) is 0 Å². The van der Waals surface area contributed by atoms with Gasteiger partial charge in [-0.1, -0.05) is 201 Å². The first-order chi connectivity index (χ1) is 33.1. The van der Waals surface area contributed by atoms with E-state index < -0.39 is 0 Å². The van der Waals surface area contributed by atoms with Crippen LogP contribution in [0.1, 0.15) is 35.6 Å². The van der Waals surface area contributed by atoms with E-state index in [9.17, 15) is 0 Å². The Morgan fingerprint density at radius 2 is 0.836 bits per heavy atom. The highest BCUT2D eigenvalue weighted by Gasteiger charge is 2.29. The van der Waals surface area contributed by atoms with Crippen LogP contribution < -0.4 is 4.90 Å². The Morgan fingerprint density at radius 3 is 1.51 bits per heavy atom. The van der Waals surface area contributed by atoms with Crippen LogP contribution in [0, 0.1) is 0 Å². The molecule has 12 rings (SSSR count). The van der Waals surface area contributed by atoms with Crippen LogP contribution >= 0.6 is 0 Å². The molecule has 318 valence electrons. The molecular weight excluding hydrogens is 811 g/mol. The standard InChI is InChI=1S/C65H47NO/c1-44-61(37-38-63-62-21-10-11-22-64(62)67-65(44)63)51-31-35-59(36-32-51)66(60-42-56(45-13-4-2-5-14-45)41-57(43-60)46-15-6-3-7-16-46)58-33-29-49(30-34-58)48-23-25-50(26-24-48)53-19-12-20-54(39-53)55-28-27-47-17-8-9-18-52(47)40-55/h2-44,61H,1H3. The summed E-state index contributed by atoms with van der Waals surface area (Å²) in [5.74, 6) is 1.46. The topological polar surface area (TPSA) is 16.4 Å². The van der Waals surface area contributed by atoms with Crippen molar-refractivity contribution in [3.8, 4) is 55.6 Å². The summed E-state index contributed by atoms with van der Waals surface area (Å²) in [4.78, 5) is 2.40. The predicted molar refractivity (Wildman–Crippen MR) is 282 cm³/mol. The molecule has 0 amide bonds. The number of furan rings is 1. The minimum Gasteiger partial charge on any atom is -0.460 e. The average molecular weight is 858 g/mol. The molecule has 0 N–H and O–H groups in total. The van der Waals surface area contributed by atoms with Gasteiger partial charge in [0.25, 0.3) is 0 Å². The van der Waals surface area contributed by atoms with E-state index in [4.69, 9.17) is 4.42 Å². The summed E-state index contributed by atoms with van der Waals surface area (Å²) in [5, 5.41) is 3.69. The van der Waals surface area contributed by atoms with Crippen LogP contribution in [0.25, 0.3) is 83.5 Å². The van der Waals surface area contributed by atoms with Gasteiger partial charge in [0.15, 0.2) is 0 Å². The molecule has 67 heavy (non-hydrogen) atoms. The maximum atomic E-state index is 6.47. The van der Waals surface area contributed by atoms with E-state index in [0.29, 0.717) is 0 Å². The fourth-order valence-corrected chi connectivity index (χ4v) is 10.1. The number of hydrogen-bond donors (Lipinski definition) is 0. The van der Waals surface area contributed by atoms with Gasteiger partial charge < -0.3 is 9.32 Å². The highest BCUT2D eigenvalue weighted by atomic mass is 16.3. The van der Waals surface area contributed by atoms with E-state index in [1.807, 2.05) is 6.07 Å². The monoisotopic (exact) mass is 857 g/mol. The largest absolute Gasteiger partial charge is 0.460 e. The summed E-state index contributed by atoms with van der Waals surface area (Å²) in [6.07, 6.45) is 4.61. The molecule has 2 atom stereocenters. The molecule has 2 unspecified atom stereocenters. The highest BCUT2D eigenvalue weighted by Crippen LogP contribution is 2.46. The van der Waals surface area contributed by atoms with Crippen molar-refractivity contribution >= 4 is 44.9 Å². The Hall–Kier alpha value is -8.46. The molecule has 0 radical (unpaired) electrons. The zero-order chi connectivity index (χ0) is 44.7. The van der Waals surface area contributed by atoms with Gasteiger partial charge in [-0.2, -0.15) is 0 Å². The van der Waals surface area contributed by atoms with Gasteiger partial charge in [0.2, 0.25) is 0 Å². The molecule has 1 aliphatic rings. The van der Waals surface area contributed by atoms with Crippen molar-refractivity contribution in [1.82, 2.24) is 0 Å². The minimum atomic E-state index is 0.195. The lowest BCUT2D eigenvalue weighted by molar-refractivity contribution is 0.481. The molecule has 10 aromatic carbocycles. The Kier molecular flexibility index (Phi) is 10.3. The second-order valence-corrected chi connectivity index (χ2v) is 17.7. The molecule has 1 heterocycles. The van der Waals surface area contributed by atoms with Crippen molar-refractivity contribution < 1.29 is 4.42 Å². The third kappa shape index (κ3) is 7.73. The zero-order valence-corrected chi connectivity index (χ0v) is 37.3. The number of hydrogen-bond acceptors (Lipinski definition) is 2. The average Bonchev–Trinajstić information content (AvgIpc) is 3.79. The van der Waals surface area contributed by atoms with Crippen LogP contribution in [0.2, 0.25) is 0 Å². The molecule has 11 aromatic rings. The van der Waals surface area contributed by atoms with Crippen molar-refractivity contribution in [2.75, 3.05) is 4.90 Å². The normalized spacial score (nSPS) is 14.3. The zero-order valence-electron chi connectivity index (χ0n) is 37.3. The van der Waals surface area contributed by atoms with Crippen LogP contribution in [-0.4, -0.2) is 0 Å². The van der Waals surface area contributed by atoms with E-state index in [2.05, 4.69) is 261 Å². The van der Waals surface area contributed by atoms with Crippen LogP contribution in [0.4, 0.5) is 17.1 Å². The molecule has 1 aliphatic carbocycles. The number of allylic oxidation sites excluding steroid dienone is 1. The number of nitrogens with zero attached hydrogens (tertiary/aromatic N) is 1. The van der Waals surface area contributed by atoms with Gasteiger partial charge in [0, 0.05) is 39.8 Å². The number of para-hydroxylation sites is 1. The van der Waals surface area contributed by atoms with Crippen LogP contribution in [-0.2, 0) is 0 Å². The highest BCUT2D eigenvalue weighted by molar-refractivity contribution is 5.91. The first-order valence-corrected chi connectivity index (χ1v) is 23.3. The minimum absolute atomic E-state index is 0.195. The molecule has 0 saturated carbocycles. The SMILES string of the molecule is CC1c2oc3ccccc3c2C=CC1c1ccc(N(c2ccc(-c3ccc(-c4cccc(-c5ccc6ccccc6c5)c4)cc3)cc2)c2cc(-c3ccccc3)cc(-c3ccccc3)c2)cc1. The third-order valence-electron chi connectivity index (χ3n) is 13.6. The maximum Gasteiger partial charge on any atom is 0.134 e. The van der Waals surface area contributed by atoms with Gasteiger partial charge >= 0.3 is 0 Å². The van der Waals surface area contributed by atoms with Gasteiger partial charge in [-0.25, -0.2) is 0 Å². The number of anilines is 3. The molecule has 2 nitrogen and oxygen atoms in total. The summed E-state index contributed by atoms with van der Waals surface area (Å²) < 4.78 is 6.47. The summed E-state index contributed by atoms with van der Waals surface area (Å²) in [6, 6.07) is 88.0. The second-order valence-electron chi connectivity index (χ2n) is 17.7. The van der Waals surface area contributed by atoms with Crippen molar-refractivity contribution in [2.45, 2.75) is 18.8 Å². The number of fused-ring (bicyclic) bond motifs is 4. The molecule has 1 aromatic heterocycles. The quantitative estimate of drug-likeness (QED) is 0.144. The van der Waals surface area contributed by atoms with E-state index >= 15 is 0 Å². The summed E-state index contributed by atoms with van der Waals surface area (Å²) in [6.45, 7) is 2.29. The number of rotatable bonds is 9. The van der Waals surface area contributed by atoms with Crippen molar-refractivity contribution in [1.29, 1.82) is 0 Å². The molecule has 0 aliphatic heterocycles. The number of benzene rings is 10. The van der Waals surface area contributed by atoms with E-state index in [1.54, 1.807) is 0 Å². The van der Waals surface area contributed by atoms with E-state index in [-0.39, 0.29) is 11.8 Å². The van der Waals surface area contributed by atoms with Gasteiger partial charge in [-0.15, -0.1) is 0 Å². The second kappa shape index (κ2) is 17.2. The Morgan fingerprint density at radius 1 is 0.358 bits per heavy atom. The molecule has 2 heteroatoms. The van der Waals surface area contributed by atoms with Gasteiger partial charge in [-0.05, 0) is 133 Å². The summed E-state index contributed by atoms with van der Waals surface area (Å²) in [7, 11) is 0. The Labute approximate surface area is 392 Å². The van der Waals surface area contributed by atoms with Crippen molar-refractivity contribution in [2.24, 2.45) is 0 Å². The molecule has 0 fully saturated rings. The predicted octanol–water partition coefficient (Wildman–Crippen LogP) is 18.3. The lowest BCUT2D eigenvalue weighted by Crippen LogP contribution is -2.12. The lowest BCUT2D eigenvalue weighted by Gasteiger charge is -2.28. The third-order valence-corrected chi connectivity index (χ3v) is 13.6. The van der Waals surface area contributed by atoms with Gasteiger partial charge in [0.05, 0.1) is 0 Å². The molecule has 0 saturated heterocycles. The Bertz CT molecular complexity index is 3510. The molecule has 0 spiro atoms. The summed E-state index contributed by atoms with van der Waals surface area (Å²) >= 11 is 0.